The third-order valence-electron chi connectivity index (χ3n) is 5.01. The van der Waals surface area contributed by atoms with E-state index in [9.17, 15) is 9.59 Å². The quantitative estimate of drug-likeness (QED) is 0.930. The lowest BCUT2D eigenvalue weighted by Crippen LogP contribution is -2.37. The van der Waals surface area contributed by atoms with Crippen molar-refractivity contribution in [1.29, 1.82) is 0 Å². The molecule has 0 spiro atoms. The van der Waals surface area contributed by atoms with Crippen molar-refractivity contribution in [3.8, 4) is 0 Å². The van der Waals surface area contributed by atoms with Gasteiger partial charge in [0.15, 0.2) is 0 Å². The Labute approximate surface area is 147 Å². The number of fused-ring (bicyclic) bond motifs is 1. The second kappa shape index (κ2) is 7.66. The van der Waals surface area contributed by atoms with Crippen molar-refractivity contribution in [3.05, 3.63) is 48.0 Å². The van der Waals surface area contributed by atoms with E-state index in [1.807, 2.05) is 59.3 Å². The van der Waals surface area contributed by atoms with Crippen LogP contribution in [0.3, 0.4) is 0 Å². The first-order chi connectivity index (χ1) is 12.1. The predicted molar refractivity (Wildman–Crippen MR) is 97.8 cm³/mol. The molecule has 1 heterocycles. The molecule has 0 unspecified atom stereocenters. The molecule has 1 amide bonds. The molecule has 1 saturated heterocycles. The Morgan fingerprint density at radius 1 is 1.12 bits per heavy atom. The van der Waals surface area contributed by atoms with Crippen LogP contribution in [0.5, 0.6) is 0 Å². The van der Waals surface area contributed by atoms with Crippen molar-refractivity contribution >= 4 is 22.6 Å². The molecule has 1 fully saturated rings. The second-order valence-corrected chi connectivity index (χ2v) is 6.71. The van der Waals surface area contributed by atoms with Crippen LogP contribution in [0.2, 0.25) is 0 Å². The van der Waals surface area contributed by atoms with E-state index < -0.39 is 5.97 Å². The van der Waals surface area contributed by atoms with E-state index in [1.54, 1.807) is 0 Å². The Bertz CT molecular complexity index is 769. The number of aliphatic carboxylic acids is 1. The highest BCUT2D eigenvalue weighted by Crippen LogP contribution is 2.22. The van der Waals surface area contributed by atoms with Crippen LogP contribution < -0.4 is 0 Å². The van der Waals surface area contributed by atoms with Crippen molar-refractivity contribution < 1.29 is 14.7 Å². The molecule has 2 aromatic rings. The van der Waals surface area contributed by atoms with Crippen LogP contribution in [0, 0.1) is 0 Å². The summed E-state index contributed by atoms with van der Waals surface area (Å²) in [6, 6.07) is 14.0. The normalized spacial score (nSPS) is 18.3. The smallest absolute Gasteiger partial charge is 0.317 e. The lowest BCUT2D eigenvalue weighted by atomic mass is 10.0. The summed E-state index contributed by atoms with van der Waals surface area (Å²) in [4.78, 5) is 27.7. The number of benzene rings is 2. The molecule has 1 atom stereocenters. The zero-order valence-corrected chi connectivity index (χ0v) is 14.5. The molecule has 1 N–H and O–H groups in total. The van der Waals surface area contributed by atoms with E-state index in [0.717, 1.165) is 42.1 Å². The van der Waals surface area contributed by atoms with Gasteiger partial charge in [-0.15, -0.1) is 0 Å². The Kier molecular flexibility index (Phi) is 5.34. The van der Waals surface area contributed by atoms with E-state index in [2.05, 4.69) is 0 Å². The zero-order chi connectivity index (χ0) is 17.8. The number of nitrogens with zero attached hydrogens (tertiary/aromatic N) is 2. The Morgan fingerprint density at radius 3 is 2.68 bits per heavy atom. The number of likely N-dealkylation sites (N-methyl/N-ethyl adjacent to an activating group) is 1. The average Bonchev–Trinajstić information content (AvgIpc) is 2.86. The van der Waals surface area contributed by atoms with Crippen LogP contribution in [0.15, 0.2) is 42.5 Å². The summed E-state index contributed by atoms with van der Waals surface area (Å²) in [6.45, 7) is 1.43. The summed E-state index contributed by atoms with van der Waals surface area (Å²) in [6.07, 6.45) is 2.62. The van der Waals surface area contributed by atoms with E-state index >= 15 is 0 Å². The van der Waals surface area contributed by atoms with Gasteiger partial charge < -0.3 is 10.0 Å². The number of carbonyl (C=O) groups excluding carboxylic acids is 1. The minimum atomic E-state index is -0.810. The lowest BCUT2D eigenvalue weighted by molar-refractivity contribution is -0.138. The van der Waals surface area contributed by atoms with Crippen LogP contribution >= 0.6 is 0 Å². The van der Waals surface area contributed by atoms with Gasteiger partial charge in [-0.05, 0) is 43.1 Å². The molecule has 1 aliphatic heterocycles. The van der Waals surface area contributed by atoms with Gasteiger partial charge in [0.2, 0.25) is 0 Å². The third-order valence-corrected chi connectivity index (χ3v) is 5.01. The maximum atomic E-state index is 13.0. The van der Waals surface area contributed by atoms with Gasteiger partial charge in [-0.25, -0.2) is 0 Å². The summed E-state index contributed by atoms with van der Waals surface area (Å²) in [5, 5.41) is 11.0. The van der Waals surface area contributed by atoms with Crippen LogP contribution in [0.4, 0.5) is 0 Å². The fourth-order valence-corrected chi connectivity index (χ4v) is 3.65. The highest BCUT2D eigenvalue weighted by molar-refractivity contribution is 6.07. The van der Waals surface area contributed by atoms with Gasteiger partial charge in [0.25, 0.3) is 5.91 Å². The fraction of sp³-hybridized carbons (Fsp3) is 0.400. The van der Waals surface area contributed by atoms with Crippen molar-refractivity contribution in [2.45, 2.75) is 25.3 Å². The van der Waals surface area contributed by atoms with E-state index in [1.165, 1.54) is 0 Å². The Morgan fingerprint density at radius 2 is 1.88 bits per heavy atom. The first-order valence-electron chi connectivity index (χ1n) is 8.75. The minimum absolute atomic E-state index is 0.0436. The summed E-state index contributed by atoms with van der Waals surface area (Å²) in [7, 11) is 1.85. The molecule has 2 aromatic carbocycles. The number of carbonyl (C=O) groups is 2. The molecule has 0 radical (unpaired) electrons. The summed E-state index contributed by atoms with van der Waals surface area (Å²) < 4.78 is 0. The molecule has 0 aromatic heterocycles. The molecular formula is C20H24N2O3. The van der Waals surface area contributed by atoms with Crippen LogP contribution in [0.1, 0.15) is 29.6 Å². The van der Waals surface area contributed by atoms with Crippen molar-refractivity contribution in [2.75, 3.05) is 26.7 Å². The van der Waals surface area contributed by atoms with Crippen LogP contribution in [-0.2, 0) is 4.79 Å². The van der Waals surface area contributed by atoms with Gasteiger partial charge in [-0.3, -0.25) is 14.5 Å². The fourth-order valence-electron chi connectivity index (χ4n) is 3.65. The average molecular weight is 340 g/mol. The molecule has 1 aliphatic rings. The first kappa shape index (κ1) is 17.4. The van der Waals surface area contributed by atoms with Gasteiger partial charge in [-0.1, -0.05) is 36.4 Å². The van der Waals surface area contributed by atoms with Gasteiger partial charge in [0.05, 0.1) is 6.54 Å². The Hall–Kier alpha value is -2.40. The molecular weight excluding hydrogens is 316 g/mol. The molecule has 0 bridgehead atoms. The molecule has 5 heteroatoms. The molecule has 25 heavy (non-hydrogen) atoms. The standard InChI is InChI=1S/C20H24N2O3/c1-21(14-19(23)24)16-8-5-12-22(13-11-16)20(25)18-10-4-7-15-6-2-3-9-17(15)18/h2-4,6-7,9-10,16H,5,8,11-14H2,1H3,(H,23,24)/t16-/m1/s1. The number of carboxylic acids is 1. The van der Waals surface area contributed by atoms with E-state index in [-0.39, 0.29) is 18.5 Å². The highest BCUT2D eigenvalue weighted by atomic mass is 16.4. The molecule has 132 valence electrons. The topological polar surface area (TPSA) is 60.9 Å². The summed E-state index contributed by atoms with van der Waals surface area (Å²) in [5.41, 5.74) is 0.746. The second-order valence-electron chi connectivity index (χ2n) is 6.71. The Balaban J connectivity index is 1.74. The van der Waals surface area contributed by atoms with Crippen molar-refractivity contribution in [3.63, 3.8) is 0 Å². The molecule has 5 nitrogen and oxygen atoms in total. The maximum Gasteiger partial charge on any atom is 0.317 e. The number of hydrogen-bond acceptors (Lipinski definition) is 3. The van der Waals surface area contributed by atoms with Gasteiger partial charge in [0, 0.05) is 24.7 Å². The largest absolute Gasteiger partial charge is 0.480 e. The van der Waals surface area contributed by atoms with Crippen molar-refractivity contribution in [1.82, 2.24) is 9.80 Å². The SMILES string of the molecule is CN(CC(=O)O)[C@@H]1CCCN(C(=O)c2cccc3ccccc23)CC1. The zero-order valence-electron chi connectivity index (χ0n) is 14.5. The summed E-state index contributed by atoms with van der Waals surface area (Å²) >= 11 is 0. The van der Waals surface area contributed by atoms with Crippen LogP contribution in [-0.4, -0.2) is 59.5 Å². The minimum Gasteiger partial charge on any atom is -0.480 e. The number of carboxylic acid groups (broad SMARTS) is 1. The van der Waals surface area contributed by atoms with Gasteiger partial charge in [0.1, 0.15) is 0 Å². The number of hydrogen-bond donors (Lipinski definition) is 1. The molecule has 0 saturated carbocycles. The highest BCUT2D eigenvalue weighted by Gasteiger charge is 2.25. The summed E-state index contributed by atoms with van der Waals surface area (Å²) in [5.74, 6) is -0.742. The first-order valence-corrected chi connectivity index (χ1v) is 8.75. The van der Waals surface area contributed by atoms with E-state index in [0.29, 0.717) is 6.54 Å². The van der Waals surface area contributed by atoms with Gasteiger partial charge >= 0.3 is 5.97 Å². The number of rotatable bonds is 4. The molecule has 0 aliphatic carbocycles. The van der Waals surface area contributed by atoms with E-state index in [4.69, 9.17) is 5.11 Å². The number of amides is 1. The lowest BCUT2D eigenvalue weighted by Gasteiger charge is -2.25. The molecule has 3 rings (SSSR count). The monoisotopic (exact) mass is 340 g/mol. The van der Waals surface area contributed by atoms with Crippen molar-refractivity contribution in [2.24, 2.45) is 0 Å². The third kappa shape index (κ3) is 3.99. The van der Waals surface area contributed by atoms with Crippen LogP contribution in [0.25, 0.3) is 10.8 Å². The maximum absolute atomic E-state index is 13.0. The van der Waals surface area contributed by atoms with Gasteiger partial charge in [-0.2, -0.15) is 0 Å². The predicted octanol–water partition coefficient (Wildman–Crippen LogP) is 2.85. The number of likely N-dealkylation sites (tertiary alicyclic amines) is 1.